The van der Waals surface area contributed by atoms with Crippen LogP contribution < -0.4 is 16.8 Å². The van der Waals surface area contributed by atoms with Crippen LogP contribution in [0.5, 0.6) is 5.75 Å². The van der Waals surface area contributed by atoms with Crippen LogP contribution in [0, 0.1) is 0 Å². The molecule has 0 spiro atoms. The molecule has 3 amide bonds. The van der Waals surface area contributed by atoms with Gasteiger partial charge >= 0.3 is 0 Å². The van der Waals surface area contributed by atoms with Gasteiger partial charge < -0.3 is 21.5 Å². The van der Waals surface area contributed by atoms with E-state index in [9.17, 15) is 19.5 Å². The van der Waals surface area contributed by atoms with Crippen molar-refractivity contribution in [2.45, 2.75) is 44.7 Å². The van der Waals surface area contributed by atoms with Crippen LogP contribution in [0.3, 0.4) is 0 Å². The van der Waals surface area contributed by atoms with Crippen LogP contribution in [0.4, 0.5) is 0 Å². The number of nitrogens with one attached hydrogen (secondary N) is 1. The number of aromatic hydroxyl groups is 1. The standard InChI is InChI=1S/C30H35N5O4/c1-2-26(37)34-30(32)33-19-9-14-25(28(31)38)35(20-21-15-17-24(36)18-16-21)29(39)27(22-10-5-3-6-11-22)23-12-7-4-8-13-23/h3-8,10-13,15-18,25,27,36H,2,9,14,19-20H2,1H3,(H2,31,38)(H3,32,33,34,37)/t25-/m0/s1. The highest BCUT2D eigenvalue weighted by Gasteiger charge is 2.34. The predicted molar refractivity (Wildman–Crippen MR) is 151 cm³/mol. The van der Waals surface area contributed by atoms with Crippen LogP contribution in [0.25, 0.3) is 0 Å². The molecule has 0 aliphatic carbocycles. The summed E-state index contributed by atoms with van der Waals surface area (Å²) in [5.74, 6) is -1.72. The second-order valence-electron chi connectivity index (χ2n) is 9.12. The first kappa shape index (κ1) is 28.9. The van der Waals surface area contributed by atoms with Crippen LogP contribution in [-0.4, -0.2) is 46.3 Å². The monoisotopic (exact) mass is 529 g/mol. The molecule has 0 unspecified atom stereocenters. The summed E-state index contributed by atoms with van der Waals surface area (Å²) in [5.41, 5.74) is 13.9. The number of phenols is 1. The van der Waals surface area contributed by atoms with Crippen LogP contribution in [0.1, 0.15) is 48.8 Å². The number of nitrogens with two attached hydrogens (primary N) is 2. The third-order valence-corrected chi connectivity index (χ3v) is 6.30. The van der Waals surface area contributed by atoms with Gasteiger partial charge in [-0.15, -0.1) is 0 Å². The molecule has 3 rings (SSSR count). The van der Waals surface area contributed by atoms with Gasteiger partial charge in [0.1, 0.15) is 11.8 Å². The first-order chi connectivity index (χ1) is 18.8. The summed E-state index contributed by atoms with van der Waals surface area (Å²) < 4.78 is 0. The molecule has 9 nitrogen and oxygen atoms in total. The summed E-state index contributed by atoms with van der Waals surface area (Å²) >= 11 is 0. The zero-order chi connectivity index (χ0) is 28.2. The van der Waals surface area contributed by atoms with E-state index >= 15 is 0 Å². The van der Waals surface area contributed by atoms with Crippen molar-refractivity contribution in [2.75, 3.05) is 6.54 Å². The summed E-state index contributed by atoms with van der Waals surface area (Å²) in [6.45, 7) is 2.06. The van der Waals surface area contributed by atoms with Gasteiger partial charge in [-0.1, -0.05) is 79.7 Å². The van der Waals surface area contributed by atoms with E-state index in [1.165, 1.54) is 17.0 Å². The summed E-state index contributed by atoms with van der Waals surface area (Å²) in [4.78, 5) is 44.3. The van der Waals surface area contributed by atoms with Crippen LogP contribution in [0.15, 0.2) is 89.9 Å². The van der Waals surface area contributed by atoms with Crippen molar-refractivity contribution in [3.8, 4) is 5.75 Å². The molecule has 9 heteroatoms. The number of primary amides is 1. The molecule has 0 heterocycles. The third kappa shape index (κ3) is 8.43. The Morgan fingerprint density at radius 3 is 1.97 bits per heavy atom. The Hall–Kier alpha value is -4.66. The van der Waals surface area contributed by atoms with Gasteiger partial charge in [0.2, 0.25) is 17.7 Å². The number of benzene rings is 3. The number of carbonyl (C=O) groups is 3. The summed E-state index contributed by atoms with van der Waals surface area (Å²) in [6, 6.07) is 24.3. The summed E-state index contributed by atoms with van der Waals surface area (Å²) in [7, 11) is 0. The lowest BCUT2D eigenvalue weighted by Gasteiger charge is -2.33. The third-order valence-electron chi connectivity index (χ3n) is 6.30. The van der Waals surface area contributed by atoms with E-state index < -0.39 is 17.9 Å². The zero-order valence-corrected chi connectivity index (χ0v) is 22.0. The molecule has 0 saturated heterocycles. The van der Waals surface area contributed by atoms with Gasteiger partial charge in [0, 0.05) is 19.5 Å². The number of hydrogen-bond donors (Lipinski definition) is 4. The number of nitrogens with zero attached hydrogens (tertiary/aromatic N) is 2. The summed E-state index contributed by atoms with van der Waals surface area (Å²) in [6.07, 6.45) is 0.920. The molecular formula is C30H35N5O4. The number of aliphatic imine (C=N–C) groups is 1. The van der Waals surface area contributed by atoms with Crippen molar-refractivity contribution < 1.29 is 19.5 Å². The number of carbonyl (C=O) groups excluding carboxylic acids is 3. The number of phenolic OH excluding ortho intramolecular Hbond substituents is 1. The largest absolute Gasteiger partial charge is 0.508 e. The average molecular weight is 530 g/mol. The normalized spacial score (nSPS) is 12.1. The molecule has 0 saturated carbocycles. The Bertz CT molecular complexity index is 1220. The maximum atomic E-state index is 14.3. The van der Waals surface area contributed by atoms with Gasteiger partial charge in [-0.05, 0) is 41.7 Å². The molecule has 1 atom stereocenters. The van der Waals surface area contributed by atoms with E-state index in [-0.39, 0.29) is 49.5 Å². The van der Waals surface area contributed by atoms with Gasteiger partial charge in [-0.25, -0.2) is 0 Å². The van der Waals surface area contributed by atoms with Crippen LogP contribution in [-0.2, 0) is 20.9 Å². The van der Waals surface area contributed by atoms with Crippen molar-refractivity contribution in [1.29, 1.82) is 0 Å². The molecule has 3 aromatic carbocycles. The molecule has 0 aliphatic heterocycles. The highest BCUT2D eigenvalue weighted by molar-refractivity contribution is 5.96. The van der Waals surface area contributed by atoms with Crippen molar-refractivity contribution in [2.24, 2.45) is 16.5 Å². The fourth-order valence-electron chi connectivity index (χ4n) is 4.28. The minimum Gasteiger partial charge on any atom is -0.508 e. The minimum absolute atomic E-state index is 0.00252. The van der Waals surface area contributed by atoms with E-state index in [1.807, 2.05) is 60.7 Å². The Kier molecular flexibility index (Phi) is 10.6. The Morgan fingerprint density at radius 1 is 0.897 bits per heavy atom. The first-order valence-corrected chi connectivity index (χ1v) is 12.9. The second kappa shape index (κ2) is 14.3. The quantitative estimate of drug-likeness (QED) is 0.162. The molecule has 6 N–H and O–H groups in total. The summed E-state index contributed by atoms with van der Waals surface area (Å²) in [5, 5.41) is 12.2. The highest BCUT2D eigenvalue weighted by Crippen LogP contribution is 2.29. The Morgan fingerprint density at radius 2 is 1.46 bits per heavy atom. The lowest BCUT2D eigenvalue weighted by atomic mass is 9.89. The number of hydrogen-bond acceptors (Lipinski definition) is 5. The predicted octanol–water partition coefficient (Wildman–Crippen LogP) is 3.03. The molecule has 0 aliphatic rings. The Labute approximate surface area is 228 Å². The van der Waals surface area contributed by atoms with Crippen molar-refractivity contribution in [3.63, 3.8) is 0 Å². The lowest BCUT2D eigenvalue weighted by Crippen LogP contribution is -2.49. The van der Waals surface area contributed by atoms with Crippen molar-refractivity contribution in [3.05, 3.63) is 102 Å². The zero-order valence-electron chi connectivity index (χ0n) is 22.0. The molecule has 0 bridgehead atoms. The van der Waals surface area contributed by atoms with Crippen molar-refractivity contribution >= 4 is 23.7 Å². The number of guanidine groups is 1. The van der Waals surface area contributed by atoms with Crippen LogP contribution >= 0.6 is 0 Å². The average Bonchev–Trinajstić information content (AvgIpc) is 2.94. The molecule has 204 valence electrons. The van der Waals surface area contributed by atoms with Gasteiger partial charge in [0.05, 0.1) is 5.92 Å². The Balaban J connectivity index is 1.93. The van der Waals surface area contributed by atoms with Gasteiger partial charge in [0.25, 0.3) is 0 Å². The maximum Gasteiger partial charge on any atom is 0.240 e. The molecule has 3 aromatic rings. The van der Waals surface area contributed by atoms with E-state index in [1.54, 1.807) is 19.1 Å². The molecular weight excluding hydrogens is 494 g/mol. The SMILES string of the molecule is CCC(=O)NC(N)=NCCC[C@@H](C(N)=O)N(Cc1ccc(O)cc1)C(=O)C(c1ccccc1)c1ccccc1. The fraction of sp³-hybridized carbons (Fsp3) is 0.267. The fourth-order valence-corrected chi connectivity index (χ4v) is 4.28. The van der Waals surface area contributed by atoms with Gasteiger partial charge in [-0.3, -0.25) is 24.7 Å². The van der Waals surface area contributed by atoms with Crippen molar-refractivity contribution in [1.82, 2.24) is 10.2 Å². The van der Waals surface area contributed by atoms with E-state index in [4.69, 9.17) is 11.5 Å². The second-order valence-corrected chi connectivity index (χ2v) is 9.12. The highest BCUT2D eigenvalue weighted by atomic mass is 16.3. The lowest BCUT2D eigenvalue weighted by molar-refractivity contribution is -0.141. The number of amides is 3. The first-order valence-electron chi connectivity index (χ1n) is 12.9. The van der Waals surface area contributed by atoms with E-state index in [2.05, 4.69) is 10.3 Å². The smallest absolute Gasteiger partial charge is 0.240 e. The maximum absolute atomic E-state index is 14.3. The van der Waals surface area contributed by atoms with Gasteiger partial charge in [0.15, 0.2) is 5.96 Å². The van der Waals surface area contributed by atoms with Crippen LogP contribution in [0.2, 0.25) is 0 Å². The molecule has 0 fully saturated rings. The minimum atomic E-state index is -0.928. The topological polar surface area (TPSA) is 151 Å². The van der Waals surface area contributed by atoms with Gasteiger partial charge in [-0.2, -0.15) is 0 Å². The molecule has 0 radical (unpaired) electrons. The molecule has 39 heavy (non-hydrogen) atoms. The molecule has 0 aromatic heterocycles. The van der Waals surface area contributed by atoms with E-state index in [0.717, 1.165) is 16.7 Å². The number of rotatable bonds is 12. The van der Waals surface area contributed by atoms with E-state index in [0.29, 0.717) is 6.42 Å².